The van der Waals surface area contributed by atoms with Gasteiger partial charge in [0.2, 0.25) is 0 Å². The number of aryl methyl sites for hydroxylation is 1. The third-order valence-electron chi connectivity index (χ3n) is 5.30. The molecular weight excluding hydrogens is 275 g/mol. The number of hydrogen-bond acceptors (Lipinski definition) is 1. The van der Waals surface area contributed by atoms with E-state index >= 15 is 0 Å². The molecule has 0 aliphatic heterocycles. The molecule has 2 aliphatic rings. The monoisotopic (exact) mass is 302 g/mol. The van der Waals surface area contributed by atoms with Crippen LogP contribution in [0.1, 0.15) is 56.1 Å². The zero-order valence-corrected chi connectivity index (χ0v) is 13.6. The van der Waals surface area contributed by atoms with Gasteiger partial charge in [-0.25, -0.2) is 4.39 Å². The molecule has 0 spiro atoms. The molecule has 0 aromatic heterocycles. The van der Waals surface area contributed by atoms with Gasteiger partial charge in [-0.2, -0.15) is 0 Å². The Kier molecular flexibility index (Phi) is 5.17. The third kappa shape index (κ3) is 3.71. The van der Waals surface area contributed by atoms with Gasteiger partial charge in [0.1, 0.15) is 0 Å². The summed E-state index contributed by atoms with van der Waals surface area (Å²) in [7, 11) is 0. The maximum Gasteiger partial charge on any atom is 0.168 e. The van der Waals surface area contributed by atoms with E-state index < -0.39 is 0 Å². The van der Waals surface area contributed by atoms with Crippen LogP contribution in [0.3, 0.4) is 0 Å². The van der Waals surface area contributed by atoms with Crippen molar-refractivity contribution >= 4 is 0 Å². The molecule has 1 aromatic carbocycles. The first-order valence-corrected chi connectivity index (χ1v) is 8.81. The van der Waals surface area contributed by atoms with Gasteiger partial charge < -0.3 is 4.74 Å². The standard InChI is InChI=1S/C20H27FO/c1-15-18(11-3-2-6-16-7-4-8-16)12-13-19(20(15)21)22-14-17-9-5-10-17/h2,6,12-13,16-17H,3-5,7-11,14H2,1H3/b6-2+. The van der Waals surface area contributed by atoms with E-state index in [9.17, 15) is 4.39 Å². The van der Waals surface area contributed by atoms with E-state index in [1.165, 1.54) is 38.5 Å². The van der Waals surface area contributed by atoms with Gasteiger partial charge in [0.15, 0.2) is 11.6 Å². The molecule has 2 saturated carbocycles. The topological polar surface area (TPSA) is 9.23 Å². The molecule has 2 heteroatoms. The minimum absolute atomic E-state index is 0.167. The SMILES string of the molecule is Cc1c(CC/C=C/C2CCC2)ccc(OCC2CCC2)c1F. The highest BCUT2D eigenvalue weighted by atomic mass is 19.1. The van der Waals surface area contributed by atoms with Crippen LogP contribution in [0.4, 0.5) is 4.39 Å². The number of allylic oxidation sites excluding steroid dienone is 2. The second-order valence-corrected chi connectivity index (χ2v) is 6.93. The molecule has 0 unspecified atom stereocenters. The van der Waals surface area contributed by atoms with Crippen LogP contribution in [0, 0.1) is 24.6 Å². The van der Waals surface area contributed by atoms with Crippen LogP contribution < -0.4 is 4.74 Å². The quantitative estimate of drug-likeness (QED) is 0.595. The molecule has 0 N–H and O–H groups in total. The van der Waals surface area contributed by atoms with Crippen LogP contribution in [0.2, 0.25) is 0 Å². The molecule has 2 fully saturated rings. The molecule has 0 atom stereocenters. The highest BCUT2D eigenvalue weighted by Crippen LogP contribution is 2.30. The Labute approximate surface area is 133 Å². The minimum atomic E-state index is -0.167. The van der Waals surface area contributed by atoms with Gasteiger partial charge in [0, 0.05) is 0 Å². The summed E-state index contributed by atoms with van der Waals surface area (Å²) in [6.45, 7) is 2.54. The second-order valence-electron chi connectivity index (χ2n) is 6.93. The Morgan fingerprint density at radius 3 is 2.59 bits per heavy atom. The number of ether oxygens (including phenoxy) is 1. The largest absolute Gasteiger partial charge is 0.490 e. The predicted octanol–water partition coefficient (Wildman–Crippen LogP) is 5.60. The summed E-state index contributed by atoms with van der Waals surface area (Å²) >= 11 is 0. The highest BCUT2D eigenvalue weighted by molar-refractivity contribution is 5.37. The summed E-state index contributed by atoms with van der Waals surface area (Å²) in [6.07, 6.45) is 14.3. The van der Waals surface area contributed by atoms with E-state index in [0.29, 0.717) is 18.3 Å². The average Bonchev–Trinajstić information content (AvgIpc) is 2.41. The zero-order valence-electron chi connectivity index (χ0n) is 13.6. The van der Waals surface area contributed by atoms with Gasteiger partial charge in [-0.05, 0) is 74.5 Å². The van der Waals surface area contributed by atoms with Crippen molar-refractivity contribution in [3.8, 4) is 5.75 Å². The van der Waals surface area contributed by atoms with Gasteiger partial charge in [0.25, 0.3) is 0 Å². The molecule has 2 aliphatic carbocycles. The van der Waals surface area contributed by atoms with E-state index in [2.05, 4.69) is 12.2 Å². The molecular formula is C20H27FO. The Morgan fingerprint density at radius 2 is 1.95 bits per heavy atom. The fraction of sp³-hybridized carbons (Fsp3) is 0.600. The number of benzene rings is 1. The van der Waals surface area contributed by atoms with Crippen LogP contribution in [0.15, 0.2) is 24.3 Å². The Hall–Kier alpha value is -1.31. The Balaban J connectivity index is 1.52. The van der Waals surface area contributed by atoms with Gasteiger partial charge >= 0.3 is 0 Å². The van der Waals surface area contributed by atoms with E-state index in [1.807, 2.05) is 19.1 Å². The van der Waals surface area contributed by atoms with Crippen molar-refractivity contribution < 1.29 is 9.13 Å². The van der Waals surface area contributed by atoms with Crippen molar-refractivity contribution in [1.82, 2.24) is 0 Å². The number of rotatable bonds is 7. The lowest BCUT2D eigenvalue weighted by atomic mass is 9.85. The van der Waals surface area contributed by atoms with Crippen molar-refractivity contribution in [1.29, 1.82) is 0 Å². The minimum Gasteiger partial charge on any atom is -0.490 e. The lowest BCUT2D eigenvalue weighted by Gasteiger charge is -2.25. The zero-order chi connectivity index (χ0) is 15.4. The molecule has 3 rings (SSSR count). The maximum absolute atomic E-state index is 14.4. The summed E-state index contributed by atoms with van der Waals surface area (Å²) in [5, 5.41) is 0. The molecule has 0 radical (unpaired) electrons. The van der Waals surface area contributed by atoms with E-state index in [4.69, 9.17) is 4.74 Å². The summed E-state index contributed by atoms with van der Waals surface area (Å²) in [4.78, 5) is 0. The van der Waals surface area contributed by atoms with Crippen molar-refractivity contribution in [3.63, 3.8) is 0 Å². The van der Waals surface area contributed by atoms with Gasteiger partial charge in [-0.3, -0.25) is 0 Å². The molecule has 1 aromatic rings. The van der Waals surface area contributed by atoms with Crippen LogP contribution in [-0.4, -0.2) is 6.61 Å². The summed E-state index contributed by atoms with van der Waals surface area (Å²) in [5.74, 6) is 1.70. The third-order valence-corrected chi connectivity index (χ3v) is 5.30. The predicted molar refractivity (Wildman–Crippen MR) is 88.8 cm³/mol. The first-order chi connectivity index (χ1) is 10.7. The van der Waals surface area contributed by atoms with Gasteiger partial charge in [-0.15, -0.1) is 0 Å². The van der Waals surface area contributed by atoms with Crippen molar-refractivity contribution in [2.75, 3.05) is 6.61 Å². The first kappa shape index (κ1) is 15.6. The smallest absolute Gasteiger partial charge is 0.168 e. The fourth-order valence-electron chi connectivity index (χ4n) is 3.11. The molecule has 120 valence electrons. The highest BCUT2D eigenvalue weighted by Gasteiger charge is 2.19. The molecule has 0 saturated heterocycles. The van der Waals surface area contributed by atoms with E-state index in [1.54, 1.807) is 0 Å². The summed E-state index contributed by atoms with van der Waals surface area (Å²) in [6, 6.07) is 3.84. The number of halogens is 1. The van der Waals surface area contributed by atoms with Gasteiger partial charge in [0.05, 0.1) is 6.61 Å². The normalized spacial score (nSPS) is 19.2. The van der Waals surface area contributed by atoms with Crippen LogP contribution in [-0.2, 0) is 6.42 Å². The fourth-order valence-corrected chi connectivity index (χ4v) is 3.11. The molecule has 22 heavy (non-hydrogen) atoms. The Bertz CT molecular complexity index is 527. The van der Waals surface area contributed by atoms with Gasteiger partial charge in [-0.1, -0.05) is 31.1 Å². The van der Waals surface area contributed by atoms with E-state index in [-0.39, 0.29) is 5.82 Å². The summed E-state index contributed by atoms with van der Waals surface area (Å²) < 4.78 is 20.1. The molecule has 0 heterocycles. The summed E-state index contributed by atoms with van der Waals surface area (Å²) in [5.41, 5.74) is 1.86. The maximum atomic E-state index is 14.4. The van der Waals surface area contributed by atoms with Crippen LogP contribution in [0.25, 0.3) is 0 Å². The molecule has 0 amide bonds. The van der Waals surface area contributed by atoms with Crippen LogP contribution in [0.5, 0.6) is 5.75 Å². The second kappa shape index (κ2) is 7.30. The van der Waals surface area contributed by atoms with E-state index in [0.717, 1.165) is 29.9 Å². The average molecular weight is 302 g/mol. The van der Waals surface area contributed by atoms with Crippen molar-refractivity contribution in [2.45, 2.75) is 58.3 Å². The lowest BCUT2D eigenvalue weighted by molar-refractivity contribution is 0.175. The van der Waals surface area contributed by atoms with Crippen LogP contribution >= 0.6 is 0 Å². The van der Waals surface area contributed by atoms with Crippen molar-refractivity contribution in [3.05, 3.63) is 41.2 Å². The molecule has 0 bridgehead atoms. The number of hydrogen-bond donors (Lipinski definition) is 0. The first-order valence-electron chi connectivity index (χ1n) is 8.81. The van der Waals surface area contributed by atoms with Crippen molar-refractivity contribution in [2.24, 2.45) is 11.8 Å². The molecule has 1 nitrogen and oxygen atoms in total. The lowest BCUT2D eigenvalue weighted by Crippen LogP contribution is -2.19. The Morgan fingerprint density at radius 1 is 1.18 bits per heavy atom.